The van der Waals surface area contributed by atoms with Gasteiger partial charge in [-0.05, 0) is 48.7 Å². The normalized spacial score (nSPS) is 10.2. The van der Waals surface area contributed by atoms with Crippen molar-refractivity contribution in [2.75, 3.05) is 17.2 Å². The van der Waals surface area contributed by atoms with E-state index < -0.39 is 0 Å². The molecule has 0 unspecified atom stereocenters. The first-order chi connectivity index (χ1) is 10.1. The van der Waals surface area contributed by atoms with Gasteiger partial charge in [0.2, 0.25) is 5.91 Å². The second kappa shape index (κ2) is 6.90. The lowest BCUT2D eigenvalue weighted by molar-refractivity contribution is -0.114. The van der Waals surface area contributed by atoms with Crippen LogP contribution in [0, 0.1) is 13.8 Å². The average Bonchev–Trinajstić information content (AvgIpc) is 2.50. The highest BCUT2D eigenvalue weighted by Crippen LogP contribution is 2.18. The Labute approximate surface area is 124 Å². The zero-order valence-corrected chi connectivity index (χ0v) is 12.3. The second-order valence-electron chi connectivity index (χ2n) is 5.01. The van der Waals surface area contributed by atoms with E-state index in [1.165, 1.54) is 0 Å². The third-order valence-corrected chi connectivity index (χ3v) is 3.44. The number of carbonyl (C=O) groups excluding carboxylic acids is 1. The molecule has 0 atom stereocenters. The lowest BCUT2D eigenvalue weighted by atomic mass is 10.1. The van der Waals surface area contributed by atoms with Crippen molar-refractivity contribution in [1.29, 1.82) is 0 Å². The van der Waals surface area contributed by atoms with Crippen molar-refractivity contribution in [3.8, 4) is 0 Å². The second-order valence-corrected chi connectivity index (χ2v) is 5.01. The molecule has 1 amide bonds. The van der Waals surface area contributed by atoms with Gasteiger partial charge in [0.25, 0.3) is 0 Å². The average molecular weight is 284 g/mol. The van der Waals surface area contributed by atoms with E-state index >= 15 is 0 Å². The van der Waals surface area contributed by atoms with Gasteiger partial charge in [0, 0.05) is 11.4 Å². The molecule has 0 spiro atoms. The minimum Gasteiger partial charge on any atom is -0.392 e. The number of aryl methyl sites for hydroxylation is 1. The molecule has 0 aliphatic rings. The van der Waals surface area contributed by atoms with Crippen LogP contribution in [0.2, 0.25) is 0 Å². The fourth-order valence-electron chi connectivity index (χ4n) is 2.04. The van der Waals surface area contributed by atoms with Crippen molar-refractivity contribution in [2.24, 2.45) is 0 Å². The van der Waals surface area contributed by atoms with Crippen LogP contribution in [0.25, 0.3) is 0 Å². The van der Waals surface area contributed by atoms with E-state index in [-0.39, 0.29) is 19.1 Å². The van der Waals surface area contributed by atoms with E-state index in [1.807, 2.05) is 56.3 Å². The minimum absolute atomic E-state index is 0.00972. The number of anilines is 2. The molecule has 3 N–H and O–H groups in total. The Hall–Kier alpha value is -2.33. The smallest absolute Gasteiger partial charge is 0.243 e. The van der Waals surface area contributed by atoms with E-state index in [2.05, 4.69) is 10.6 Å². The molecule has 4 nitrogen and oxygen atoms in total. The lowest BCUT2D eigenvalue weighted by Crippen LogP contribution is -2.22. The molecule has 0 fully saturated rings. The number of aliphatic hydroxyl groups is 1. The summed E-state index contributed by atoms with van der Waals surface area (Å²) in [5.41, 5.74) is 4.70. The molecule has 0 saturated carbocycles. The molecule has 2 aromatic carbocycles. The summed E-state index contributed by atoms with van der Waals surface area (Å²) in [5, 5.41) is 15.0. The molecule has 2 rings (SSSR count). The lowest BCUT2D eigenvalue weighted by Gasteiger charge is -2.11. The van der Waals surface area contributed by atoms with E-state index in [1.54, 1.807) is 0 Å². The van der Waals surface area contributed by atoms with Crippen LogP contribution in [0.1, 0.15) is 16.7 Å². The van der Waals surface area contributed by atoms with E-state index in [0.29, 0.717) is 0 Å². The maximum absolute atomic E-state index is 12.0. The summed E-state index contributed by atoms with van der Waals surface area (Å²) >= 11 is 0. The van der Waals surface area contributed by atoms with Gasteiger partial charge in [-0.1, -0.05) is 24.3 Å². The molecule has 0 bridgehead atoms. The number of carbonyl (C=O) groups is 1. The number of aliphatic hydroxyl groups excluding tert-OH is 1. The first-order valence-corrected chi connectivity index (χ1v) is 6.90. The SMILES string of the molecule is Cc1cccc(NC(=O)CNc2cccc(CO)c2)c1C. The molecule has 0 aliphatic heterocycles. The molecule has 21 heavy (non-hydrogen) atoms. The molecular weight excluding hydrogens is 264 g/mol. The predicted octanol–water partition coefficient (Wildman–Crippen LogP) is 2.85. The summed E-state index contributed by atoms with van der Waals surface area (Å²) in [6.45, 7) is 4.18. The molecule has 0 heterocycles. The number of amides is 1. The van der Waals surface area contributed by atoms with Crippen molar-refractivity contribution >= 4 is 17.3 Å². The van der Waals surface area contributed by atoms with Crippen molar-refractivity contribution in [3.05, 3.63) is 59.2 Å². The number of rotatable bonds is 5. The summed E-state index contributed by atoms with van der Waals surface area (Å²) < 4.78 is 0. The van der Waals surface area contributed by atoms with Gasteiger partial charge in [-0.15, -0.1) is 0 Å². The van der Waals surface area contributed by atoms with Crippen LogP contribution in [0.4, 0.5) is 11.4 Å². The molecule has 2 aromatic rings. The van der Waals surface area contributed by atoms with Gasteiger partial charge in [0.05, 0.1) is 13.2 Å². The predicted molar refractivity (Wildman–Crippen MR) is 85.4 cm³/mol. The third-order valence-electron chi connectivity index (χ3n) is 3.44. The quantitative estimate of drug-likeness (QED) is 0.791. The number of nitrogens with one attached hydrogen (secondary N) is 2. The summed E-state index contributed by atoms with van der Waals surface area (Å²) in [7, 11) is 0. The Morgan fingerprint density at radius 1 is 1.14 bits per heavy atom. The van der Waals surface area contributed by atoms with Crippen LogP contribution < -0.4 is 10.6 Å². The van der Waals surface area contributed by atoms with Crippen LogP contribution in [-0.2, 0) is 11.4 Å². The van der Waals surface area contributed by atoms with E-state index in [4.69, 9.17) is 5.11 Å². The Balaban J connectivity index is 1.94. The Bertz CT molecular complexity index is 638. The first kappa shape index (κ1) is 15.1. The Morgan fingerprint density at radius 3 is 2.67 bits per heavy atom. The van der Waals surface area contributed by atoms with Gasteiger partial charge < -0.3 is 15.7 Å². The van der Waals surface area contributed by atoms with Gasteiger partial charge in [-0.2, -0.15) is 0 Å². The summed E-state index contributed by atoms with van der Waals surface area (Å²) in [6, 6.07) is 13.2. The van der Waals surface area contributed by atoms with Crippen LogP contribution in [0.15, 0.2) is 42.5 Å². The molecule has 110 valence electrons. The fourth-order valence-corrected chi connectivity index (χ4v) is 2.04. The minimum atomic E-state index is -0.0990. The highest BCUT2D eigenvalue weighted by atomic mass is 16.3. The maximum Gasteiger partial charge on any atom is 0.243 e. The van der Waals surface area contributed by atoms with Gasteiger partial charge >= 0.3 is 0 Å². The zero-order chi connectivity index (χ0) is 15.2. The Kier molecular flexibility index (Phi) is 4.95. The van der Waals surface area contributed by atoms with E-state index in [9.17, 15) is 4.79 Å². The molecule has 4 heteroatoms. The first-order valence-electron chi connectivity index (χ1n) is 6.90. The maximum atomic E-state index is 12.0. The number of hydrogen-bond acceptors (Lipinski definition) is 3. The van der Waals surface area contributed by atoms with Gasteiger partial charge in [-0.25, -0.2) is 0 Å². The molecule has 0 aromatic heterocycles. The topological polar surface area (TPSA) is 61.4 Å². The fraction of sp³-hybridized carbons (Fsp3) is 0.235. The largest absolute Gasteiger partial charge is 0.392 e. The third kappa shape index (κ3) is 4.07. The monoisotopic (exact) mass is 284 g/mol. The van der Waals surface area contributed by atoms with Crippen molar-refractivity contribution in [3.63, 3.8) is 0 Å². The summed E-state index contributed by atoms with van der Waals surface area (Å²) in [4.78, 5) is 12.0. The summed E-state index contributed by atoms with van der Waals surface area (Å²) in [5.74, 6) is -0.0990. The summed E-state index contributed by atoms with van der Waals surface area (Å²) in [6.07, 6.45) is 0. The van der Waals surface area contributed by atoms with Crippen LogP contribution in [0.3, 0.4) is 0 Å². The van der Waals surface area contributed by atoms with Crippen molar-refractivity contribution in [1.82, 2.24) is 0 Å². The molecule has 0 saturated heterocycles. The van der Waals surface area contributed by atoms with Crippen molar-refractivity contribution in [2.45, 2.75) is 20.5 Å². The van der Waals surface area contributed by atoms with Crippen molar-refractivity contribution < 1.29 is 9.90 Å². The van der Waals surface area contributed by atoms with E-state index in [0.717, 1.165) is 28.1 Å². The number of benzene rings is 2. The highest BCUT2D eigenvalue weighted by molar-refractivity contribution is 5.94. The van der Waals surface area contributed by atoms with Gasteiger partial charge in [0.15, 0.2) is 0 Å². The van der Waals surface area contributed by atoms with Gasteiger partial charge in [-0.3, -0.25) is 4.79 Å². The van der Waals surface area contributed by atoms with Crippen LogP contribution in [0.5, 0.6) is 0 Å². The standard InChI is InChI=1S/C17H20N2O2/c1-12-5-3-8-16(13(12)2)19-17(21)10-18-15-7-4-6-14(9-15)11-20/h3-9,18,20H,10-11H2,1-2H3,(H,19,21). The molecule has 0 radical (unpaired) electrons. The molecule has 0 aliphatic carbocycles. The Morgan fingerprint density at radius 2 is 1.90 bits per heavy atom. The number of hydrogen-bond donors (Lipinski definition) is 3. The molecular formula is C17H20N2O2. The zero-order valence-electron chi connectivity index (χ0n) is 12.3. The van der Waals surface area contributed by atoms with Crippen LogP contribution >= 0.6 is 0 Å². The van der Waals surface area contributed by atoms with Gasteiger partial charge in [0.1, 0.15) is 0 Å². The van der Waals surface area contributed by atoms with Crippen LogP contribution in [-0.4, -0.2) is 17.6 Å². The highest BCUT2D eigenvalue weighted by Gasteiger charge is 2.06.